The van der Waals surface area contributed by atoms with Gasteiger partial charge in [0.2, 0.25) is 0 Å². The fraction of sp³-hybridized carbons (Fsp3) is 0.625. The fourth-order valence-electron chi connectivity index (χ4n) is 2.02. The minimum atomic E-state index is -3.24. The van der Waals surface area contributed by atoms with Gasteiger partial charge in [-0.15, -0.1) is 0 Å². The molecule has 0 spiro atoms. The Kier molecular flexibility index (Phi) is 8.20. The monoisotopic (exact) mass is 314 g/mol. The number of hydrogen-bond acceptors (Lipinski definition) is 4. The molecule has 21 heavy (non-hydrogen) atoms. The Balaban J connectivity index is 2.80. The van der Waals surface area contributed by atoms with Gasteiger partial charge in [0.25, 0.3) is 0 Å². The first-order valence-electron chi connectivity index (χ1n) is 7.56. The molecule has 0 aliphatic rings. The molecule has 1 atom stereocenters. The highest BCUT2D eigenvalue weighted by molar-refractivity contribution is 7.54. The van der Waals surface area contributed by atoms with Crippen molar-refractivity contribution in [1.82, 2.24) is 0 Å². The molecule has 0 saturated heterocycles. The molecule has 0 radical (unpaired) electrons. The van der Waals surface area contributed by atoms with Crippen molar-refractivity contribution in [3.63, 3.8) is 0 Å². The lowest BCUT2D eigenvalue weighted by Gasteiger charge is -2.27. The standard InChI is InChI=1S/C16H27O4P/c1-5-19-21(17,20-6-2)16(12-14(3)4)18-13-15-10-8-7-9-11-15/h7-11,14,16H,5-6,12-13H2,1-4H3/t16-/m1/s1. The smallest absolute Gasteiger partial charge is 0.359 e. The van der Waals surface area contributed by atoms with Crippen LogP contribution in [0.2, 0.25) is 0 Å². The van der Waals surface area contributed by atoms with E-state index in [-0.39, 0.29) is 0 Å². The third kappa shape index (κ3) is 6.31. The molecule has 0 aliphatic heterocycles. The third-order valence-electron chi connectivity index (χ3n) is 2.93. The first-order chi connectivity index (χ1) is 10.0. The second-order valence-electron chi connectivity index (χ2n) is 5.26. The lowest BCUT2D eigenvalue weighted by Crippen LogP contribution is -2.19. The third-order valence-corrected chi connectivity index (χ3v) is 5.23. The Morgan fingerprint density at radius 3 is 2.10 bits per heavy atom. The maximum atomic E-state index is 12.9. The summed E-state index contributed by atoms with van der Waals surface area (Å²) in [6.45, 7) is 8.87. The topological polar surface area (TPSA) is 44.8 Å². The van der Waals surface area contributed by atoms with Gasteiger partial charge in [-0.05, 0) is 31.7 Å². The molecule has 0 aliphatic carbocycles. The summed E-state index contributed by atoms with van der Waals surface area (Å²) < 4.78 is 29.7. The van der Waals surface area contributed by atoms with Gasteiger partial charge in [0, 0.05) is 0 Å². The molecule has 1 rings (SSSR count). The molecule has 0 N–H and O–H groups in total. The fourth-order valence-corrected chi connectivity index (χ4v) is 4.09. The molecule has 0 bridgehead atoms. The maximum Gasteiger partial charge on any atom is 0.359 e. The normalized spacial score (nSPS) is 13.6. The van der Waals surface area contributed by atoms with E-state index in [2.05, 4.69) is 13.8 Å². The SMILES string of the molecule is CCOP(=O)(OCC)[C@H](CC(C)C)OCc1ccccc1. The van der Waals surface area contributed by atoms with Crippen LogP contribution in [-0.4, -0.2) is 19.1 Å². The minimum absolute atomic E-state index is 0.347. The molecule has 0 fully saturated rings. The van der Waals surface area contributed by atoms with E-state index in [4.69, 9.17) is 13.8 Å². The van der Waals surface area contributed by atoms with Crippen molar-refractivity contribution in [1.29, 1.82) is 0 Å². The zero-order valence-corrected chi connectivity index (χ0v) is 14.3. The molecule has 0 unspecified atom stereocenters. The second kappa shape index (κ2) is 9.37. The van der Waals surface area contributed by atoms with Gasteiger partial charge < -0.3 is 13.8 Å². The average molecular weight is 314 g/mol. The van der Waals surface area contributed by atoms with Gasteiger partial charge in [0.15, 0.2) is 5.85 Å². The predicted molar refractivity (Wildman–Crippen MR) is 85.3 cm³/mol. The van der Waals surface area contributed by atoms with Crippen molar-refractivity contribution >= 4 is 7.60 Å². The van der Waals surface area contributed by atoms with Gasteiger partial charge in [-0.2, -0.15) is 0 Å². The molecular weight excluding hydrogens is 287 g/mol. The van der Waals surface area contributed by atoms with Gasteiger partial charge in [0.1, 0.15) is 0 Å². The predicted octanol–water partition coefficient (Wildman–Crippen LogP) is 4.84. The average Bonchev–Trinajstić information content (AvgIpc) is 2.44. The Hall–Kier alpha value is -0.670. The van der Waals surface area contributed by atoms with Crippen LogP contribution in [0.25, 0.3) is 0 Å². The maximum absolute atomic E-state index is 12.9. The van der Waals surface area contributed by atoms with Crippen LogP contribution in [0.4, 0.5) is 0 Å². The molecule has 1 aromatic rings. The van der Waals surface area contributed by atoms with Gasteiger partial charge in [0.05, 0.1) is 19.8 Å². The van der Waals surface area contributed by atoms with Crippen molar-refractivity contribution in [2.24, 2.45) is 5.92 Å². The van der Waals surface area contributed by atoms with Crippen molar-refractivity contribution in [3.8, 4) is 0 Å². The van der Waals surface area contributed by atoms with Crippen LogP contribution in [0.1, 0.15) is 39.7 Å². The van der Waals surface area contributed by atoms with E-state index in [1.807, 2.05) is 44.2 Å². The number of hydrogen-bond donors (Lipinski definition) is 0. The van der Waals surface area contributed by atoms with E-state index in [1.165, 1.54) is 0 Å². The molecule has 0 amide bonds. The molecule has 0 aromatic heterocycles. The lowest BCUT2D eigenvalue weighted by molar-refractivity contribution is 0.0480. The van der Waals surface area contributed by atoms with Crippen LogP contribution < -0.4 is 0 Å². The lowest BCUT2D eigenvalue weighted by atomic mass is 10.1. The first-order valence-corrected chi connectivity index (χ1v) is 9.17. The van der Waals surface area contributed by atoms with Crippen LogP contribution in [0, 0.1) is 5.92 Å². The number of ether oxygens (including phenoxy) is 1. The molecule has 0 saturated carbocycles. The summed E-state index contributed by atoms with van der Waals surface area (Å²) in [6.07, 6.45) is 0.643. The van der Waals surface area contributed by atoms with Crippen LogP contribution in [0.3, 0.4) is 0 Å². The highest BCUT2D eigenvalue weighted by atomic mass is 31.2. The van der Waals surface area contributed by atoms with Crippen molar-refractivity contribution in [2.75, 3.05) is 13.2 Å². The van der Waals surface area contributed by atoms with Gasteiger partial charge in [-0.1, -0.05) is 44.2 Å². The summed E-state index contributed by atoms with van der Waals surface area (Å²) in [7, 11) is -3.24. The quantitative estimate of drug-likeness (QED) is 0.580. The van der Waals surface area contributed by atoms with E-state index in [0.29, 0.717) is 32.2 Å². The molecule has 4 nitrogen and oxygen atoms in total. The van der Waals surface area contributed by atoms with Gasteiger partial charge in [-0.25, -0.2) is 0 Å². The Bertz CT molecular complexity index is 423. The van der Waals surface area contributed by atoms with Crippen LogP contribution in [0.5, 0.6) is 0 Å². The summed E-state index contributed by atoms with van der Waals surface area (Å²) in [5, 5.41) is 0. The second-order valence-corrected chi connectivity index (χ2v) is 7.43. The summed E-state index contributed by atoms with van der Waals surface area (Å²) in [4.78, 5) is 0. The number of rotatable bonds is 10. The van der Waals surface area contributed by atoms with Crippen molar-refractivity contribution < 1.29 is 18.3 Å². The summed E-state index contributed by atoms with van der Waals surface area (Å²) in [5.74, 6) is -0.183. The zero-order valence-electron chi connectivity index (χ0n) is 13.5. The van der Waals surface area contributed by atoms with Crippen LogP contribution in [-0.2, 0) is 25.0 Å². The Morgan fingerprint density at radius 2 is 1.62 bits per heavy atom. The summed E-state index contributed by atoms with van der Waals surface area (Å²) >= 11 is 0. The highest BCUT2D eigenvalue weighted by Crippen LogP contribution is 2.55. The van der Waals surface area contributed by atoms with E-state index >= 15 is 0 Å². The van der Waals surface area contributed by atoms with E-state index in [0.717, 1.165) is 5.56 Å². The Labute approximate surface area is 128 Å². The largest absolute Gasteiger partial charge is 0.361 e. The summed E-state index contributed by atoms with van der Waals surface area (Å²) in [6, 6.07) is 9.85. The van der Waals surface area contributed by atoms with Gasteiger partial charge in [-0.3, -0.25) is 4.57 Å². The minimum Gasteiger partial charge on any atom is -0.361 e. The Morgan fingerprint density at radius 1 is 1.05 bits per heavy atom. The van der Waals surface area contributed by atoms with Crippen LogP contribution in [0.15, 0.2) is 30.3 Å². The van der Waals surface area contributed by atoms with Gasteiger partial charge >= 0.3 is 7.60 Å². The van der Waals surface area contributed by atoms with Crippen LogP contribution >= 0.6 is 7.60 Å². The van der Waals surface area contributed by atoms with E-state index in [1.54, 1.807) is 0 Å². The highest BCUT2D eigenvalue weighted by Gasteiger charge is 2.36. The number of benzene rings is 1. The molecule has 0 heterocycles. The molecule has 5 heteroatoms. The molecule has 120 valence electrons. The van der Waals surface area contributed by atoms with E-state index < -0.39 is 13.4 Å². The first kappa shape index (κ1) is 18.4. The van der Waals surface area contributed by atoms with Crippen molar-refractivity contribution in [3.05, 3.63) is 35.9 Å². The van der Waals surface area contributed by atoms with E-state index in [9.17, 15) is 4.57 Å². The molecule has 1 aromatic carbocycles. The zero-order chi connectivity index (χ0) is 15.7. The van der Waals surface area contributed by atoms with Crippen molar-refractivity contribution in [2.45, 2.75) is 46.6 Å². The molecular formula is C16H27O4P. The summed E-state index contributed by atoms with van der Waals surface area (Å²) in [5.41, 5.74) is 1.05.